The lowest BCUT2D eigenvalue weighted by Gasteiger charge is -2.01. The molecule has 19 heavy (non-hydrogen) atoms. The van der Waals surface area contributed by atoms with E-state index in [1.54, 1.807) is 13.1 Å². The van der Waals surface area contributed by atoms with E-state index in [1.807, 2.05) is 36.4 Å². The molecule has 0 saturated heterocycles. The highest BCUT2D eigenvalue weighted by Crippen LogP contribution is 2.15. The van der Waals surface area contributed by atoms with E-state index in [9.17, 15) is 4.79 Å². The van der Waals surface area contributed by atoms with Crippen LogP contribution in [0.15, 0.2) is 42.1 Å². The Morgan fingerprint density at radius 2 is 2.26 bits per heavy atom. The molecule has 0 aliphatic carbocycles. The van der Waals surface area contributed by atoms with Crippen molar-refractivity contribution in [3.8, 4) is 6.07 Å². The second kappa shape index (κ2) is 5.78. The maximum absolute atomic E-state index is 11.5. The third kappa shape index (κ3) is 2.96. The molecule has 0 radical (unpaired) electrons. The Kier molecular flexibility index (Phi) is 3.89. The third-order valence-electron chi connectivity index (χ3n) is 2.54. The van der Waals surface area contributed by atoms with Crippen molar-refractivity contribution in [2.75, 3.05) is 6.61 Å². The number of pyridine rings is 1. The summed E-state index contributed by atoms with van der Waals surface area (Å²) in [6.45, 7) is 1.94. The number of esters is 1. The molecule has 0 unspecified atom stereocenters. The van der Waals surface area contributed by atoms with Gasteiger partial charge in [0, 0.05) is 11.6 Å². The highest BCUT2D eigenvalue weighted by atomic mass is 16.5. The summed E-state index contributed by atoms with van der Waals surface area (Å²) in [5.74, 6) is -0.613. The molecule has 4 nitrogen and oxygen atoms in total. The summed E-state index contributed by atoms with van der Waals surface area (Å²) in [4.78, 5) is 15.8. The molecule has 0 amide bonds. The standard InChI is InChI=1S/C15H12N2O2/c1-2-19-15(18)13(9-16)8-11-7-12-5-3-4-6-14(12)17-10-11/h3-8,10H,2H2,1H3/b13-8+. The van der Waals surface area contributed by atoms with E-state index < -0.39 is 5.97 Å². The number of aromatic nitrogens is 1. The number of benzene rings is 1. The Balaban J connectivity index is 2.38. The normalized spacial score (nSPS) is 11.1. The molecular formula is C15H12N2O2. The van der Waals surface area contributed by atoms with Gasteiger partial charge in [0.1, 0.15) is 11.6 Å². The predicted octanol–water partition coefficient (Wildman–Crippen LogP) is 2.70. The van der Waals surface area contributed by atoms with E-state index in [2.05, 4.69) is 4.98 Å². The number of ether oxygens (including phenoxy) is 1. The zero-order valence-electron chi connectivity index (χ0n) is 10.5. The van der Waals surface area contributed by atoms with Crippen molar-refractivity contribution in [2.45, 2.75) is 6.92 Å². The van der Waals surface area contributed by atoms with E-state index >= 15 is 0 Å². The van der Waals surface area contributed by atoms with Crippen LogP contribution in [0.5, 0.6) is 0 Å². The van der Waals surface area contributed by atoms with Gasteiger partial charge < -0.3 is 4.74 Å². The smallest absolute Gasteiger partial charge is 0.348 e. The van der Waals surface area contributed by atoms with Gasteiger partial charge in [0.2, 0.25) is 0 Å². The van der Waals surface area contributed by atoms with Gasteiger partial charge >= 0.3 is 5.97 Å². The summed E-state index contributed by atoms with van der Waals surface area (Å²) in [5, 5.41) is 9.91. The summed E-state index contributed by atoms with van der Waals surface area (Å²) in [7, 11) is 0. The molecule has 0 atom stereocenters. The summed E-state index contributed by atoms with van der Waals surface area (Å²) in [6, 6.07) is 11.4. The summed E-state index contributed by atoms with van der Waals surface area (Å²) in [6.07, 6.45) is 3.11. The minimum Gasteiger partial charge on any atom is -0.462 e. The first-order valence-corrected chi connectivity index (χ1v) is 5.88. The Labute approximate surface area is 111 Å². The first kappa shape index (κ1) is 12.8. The van der Waals surface area contributed by atoms with Crippen molar-refractivity contribution in [3.63, 3.8) is 0 Å². The topological polar surface area (TPSA) is 63.0 Å². The average molecular weight is 252 g/mol. The maximum Gasteiger partial charge on any atom is 0.348 e. The van der Waals surface area contributed by atoms with Crippen LogP contribution in [-0.2, 0) is 9.53 Å². The minimum absolute atomic E-state index is 0.0288. The molecule has 0 saturated carbocycles. The molecule has 94 valence electrons. The summed E-state index contributed by atoms with van der Waals surface area (Å²) >= 11 is 0. The van der Waals surface area contributed by atoms with Crippen molar-refractivity contribution in [1.29, 1.82) is 5.26 Å². The lowest BCUT2D eigenvalue weighted by atomic mass is 10.1. The Morgan fingerprint density at radius 1 is 1.47 bits per heavy atom. The zero-order chi connectivity index (χ0) is 13.7. The largest absolute Gasteiger partial charge is 0.462 e. The fraction of sp³-hybridized carbons (Fsp3) is 0.133. The second-order valence-corrected chi connectivity index (χ2v) is 3.85. The van der Waals surface area contributed by atoms with Crippen molar-refractivity contribution >= 4 is 22.9 Å². The van der Waals surface area contributed by atoms with Crippen molar-refractivity contribution in [2.24, 2.45) is 0 Å². The number of hydrogen-bond acceptors (Lipinski definition) is 4. The molecule has 4 heteroatoms. The molecule has 1 heterocycles. The number of para-hydroxylation sites is 1. The second-order valence-electron chi connectivity index (χ2n) is 3.85. The lowest BCUT2D eigenvalue weighted by molar-refractivity contribution is -0.137. The van der Waals surface area contributed by atoms with Gasteiger partial charge in [-0.3, -0.25) is 4.98 Å². The van der Waals surface area contributed by atoms with Gasteiger partial charge in [0.25, 0.3) is 0 Å². The fourth-order valence-electron chi connectivity index (χ4n) is 1.68. The molecular weight excluding hydrogens is 240 g/mol. The number of nitrogens with zero attached hydrogens (tertiary/aromatic N) is 2. The van der Waals surface area contributed by atoms with Crippen molar-refractivity contribution in [3.05, 3.63) is 47.7 Å². The molecule has 0 aliphatic rings. The van der Waals surface area contributed by atoms with Gasteiger partial charge in [0.15, 0.2) is 0 Å². The number of carbonyl (C=O) groups excluding carboxylic acids is 1. The summed E-state index contributed by atoms with van der Waals surface area (Å²) < 4.78 is 4.80. The molecule has 1 aromatic heterocycles. The number of rotatable bonds is 3. The number of nitriles is 1. The zero-order valence-corrected chi connectivity index (χ0v) is 10.5. The highest BCUT2D eigenvalue weighted by Gasteiger charge is 2.09. The van der Waals surface area contributed by atoms with Gasteiger partial charge in [-0.05, 0) is 30.7 Å². The van der Waals surface area contributed by atoms with E-state index in [0.717, 1.165) is 10.9 Å². The van der Waals surface area contributed by atoms with Gasteiger partial charge in [-0.25, -0.2) is 4.79 Å². The molecule has 0 bridgehead atoms. The van der Waals surface area contributed by atoms with E-state index in [4.69, 9.17) is 10.00 Å². The van der Waals surface area contributed by atoms with Crippen LogP contribution < -0.4 is 0 Å². The van der Waals surface area contributed by atoms with Gasteiger partial charge in [0.05, 0.1) is 12.1 Å². The minimum atomic E-state index is -0.613. The number of hydrogen-bond donors (Lipinski definition) is 0. The van der Waals surface area contributed by atoms with Gasteiger partial charge in [-0.2, -0.15) is 5.26 Å². The first-order valence-electron chi connectivity index (χ1n) is 5.88. The van der Waals surface area contributed by atoms with Gasteiger partial charge in [-0.1, -0.05) is 18.2 Å². The molecule has 0 fully saturated rings. The van der Waals surface area contributed by atoms with Crippen LogP contribution >= 0.6 is 0 Å². The van der Waals surface area contributed by atoms with E-state index in [1.165, 1.54) is 6.08 Å². The van der Waals surface area contributed by atoms with E-state index in [-0.39, 0.29) is 12.2 Å². The van der Waals surface area contributed by atoms with Crippen LogP contribution in [-0.4, -0.2) is 17.6 Å². The Bertz CT molecular complexity index is 684. The molecule has 2 rings (SSSR count). The Morgan fingerprint density at radius 3 is 3.00 bits per heavy atom. The van der Waals surface area contributed by atoms with E-state index in [0.29, 0.717) is 5.56 Å². The molecule has 0 spiro atoms. The highest BCUT2D eigenvalue weighted by molar-refractivity contribution is 5.98. The van der Waals surface area contributed by atoms with Gasteiger partial charge in [-0.15, -0.1) is 0 Å². The van der Waals surface area contributed by atoms with Crippen LogP contribution in [0.3, 0.4) is 0 Å². The fourth-order valence-corrected chi connectivity index (χ4v) is 1.68. The number of fused-ring (bicyclic) bond motifs is 1. The monoisotopic (exact) mass is 252 g/mol. The van der Waals surface area contributed by atoms with Crippen molar-refractivity contribution < 1.29 is 9.53 Å². The van der Waals surface area contributed by atoms with Crippen LogP contribution in [0, 0.1) is 11.3 Å². The SMILES string of the molecule is CCOC(=O)/C(C#N)=C/c1cnc2ccccc2c1. The number of carbonyl (C=O) groups is 1. The first-order chi connectivity index (χ1) is 9.24. The molecule has 2 aromatic rings. The lowest BCUT2D eigenvalue weighted by Crippen LogP contribution is -2.06. The molecule has 0 aliphatic heterocycles. The molecule has 0 N–H and O–H groups in total. The van der Waals surface area contributed by atoms with Crippen LogP contribution in [0.2, 0.25) is 0 Å². The third-order valence-corrected chi connectivity index (χ3v) is 2.54. The summed E-state index contributed by atoms with van der Waals surface area (Å²) in [5.41, 5.74) is 1.54. The molecule has 1 aromatic carbocycles. The maximum atomic E-state index is 11.5. The van der Waals surface area contributed by atoms with Crippen LogP contribution in [0.25, 0.3) is 17.0 Å². The predicted molar refractivity (Wildman–Crippen MR) is 72.0 cm³/mol. The average Bonchev–Trinajstić information content (AvgIpc) is 2.44. The quantitative estimate of drug-likeness (QED) is 0.478. The Hall–Kier alpha value is -2.67. The van der Waals surface area contributed by atoms with Crippen LogP contribution in [0.1, 0.15) is 12.5 Å². The van der Waals surface area contributed by atoms with Crippen LogP contribution in [0.4, 0.5) is 0 Å². The van der Waals surface area contributed by atoms with Crippen molar-refractivity contribution in [1.82, 2.24) is 4.98 Å².